The molecule has 0 aromatic heterocycles. The predicted molar refractivity (Wildman–Crippen MR) is 31.2 cm³/mol. The van der Waals surface area contributed by atoms with E-state index in [0.717, 1.165) is 0 Å². The highest BCUT2D eigenvalue weighted by Crippen LogP contribution is 2.17. The number of hydrogen-bond acceptors (Lipinski definition) is 2. The molecule has 0 aliphatic carbocycles. The van der Waals surface area contributed by atoms with Crippen molar-refractivity contribution in [2.24, 2.45) is 0 Å². The average Bonchev–Trinajstić information content (AvgIpc) is 1.94. The molecule has 1 aliphatic rings. The lowest BCUT2D eigenvalue weighted by molar-refractivity contribution is -0.132. The molecule has 0 fully saturated rings. The van der Waals surface area contributed by atoms with Crippen molar-refractivity contribution in [1.82, 2.24) is 0 Å². The zero-order valence-corrected chi connectivity index (χ0v) is 6.39. The van der Waals surface area contributed by atoms with Gasteiger partial charge in [0.1, 0.15) is 0 Å². The zero-order valence-electron chi connectivity index (χ0n) is 4.63. The third-order valence-electron chi connectivity index (χ3n) is 0.704. The molecule has 9 heavy (non-hydrogen) atoms. The highest BCUT2D eigenvalue weighted by Gasteiger charge is 2.03. The van der Waals surface area contributed by atoms with Gasteiger partial charge in [-0.3, -0.25) is 0 Å². The SMILES string of the molecule is [Cl-].[NH2+]=C1CC=COPO1. The molecule has 1 rings (SSSR count). The quantitative estimate of drug-likeness (QED) is 0.383. The second kappa shape index (κ2) is 4.59. The van der Waals surface area contributed by atoms with E-state index in [0.29, 0.717) is 12.3 Å². The lowest BCUT2D eigenvalue weighted by atomic mass is 10.4. The van der Waals surface area contributed by atoms with Crippen LogP contribution in [-0.4, -0.2) is 5.90 Å². The minimum atomic E-state index is 0. The summed E-state index contributed by atoms with van der Waals surface area (Å²) in [4.78, 5) is 0. The summed E-state index contributed by atoms with van der Waals surface area (Å²) >= 11 is 0. The Hall–Kier alpha value is -0.270. The molecule has 0 saturated heterocycles. The van der Waals surface area contributed by atoms with Gasteiger partial charge in [-0.05, 0) is 6.08 Å². The van der Waals surface area contributed by atoms with E-state index in [2.05, 4.69) is 0 Å². The summed E-state index contributed by atoms with van der Waals surface area (Å²) in [5, 5.41) is 5.30. The Labute approximate surface area is 61.3 Å². The molecule has 52 valence electrons. The van der Waals surface area contributed by atoms with Crippen molar-refractivity contribution in [3.8, 4) is 0 Å². The first-order valence-electron chi connectivity index (χ1n) is 2.23. The summed E-state index contributed by atoms with van der Waals surface area (Å²) in [6, 6.07) is 0. The lowest BCUT2D eigenvalue weighted by Crippen LogP contribution is -3.00. The molecule has 0 aromatic carbocycles. The third-order valence-corrected chi connectivity index (χ3v) is 1.28. The van der Waals surface area contributed by atoms with Crippen molar-refractivity contribution in [1.29, 1.82) is 0 Å². The Kier molecular flexibility index (Phi) is 4.46. The Bertz CT molecular complexity index is 128. The topological polar surface area (TPSA) is 44.0 Å². The van der Waals surface area contributed by atoms with E-state index in [1.807, 2.05) is 6.08 Å². The second-order valence-electron chi connectivity index (χ2n) is 1.35. The third kappa shape index (κ3) is 3.33. The maximum absolute atomic E-state index is 5.30. The van der Waals surface area contributed by atoms with Gasteiger partial charge in [-0.15, -0.1) is 0 Å². The van der Waals surface area contributed by atoms with Crippen molar-refractivity contribution >= 4 is 14.9 Å². The van der Waals surface area contributed by atoms with E-state index in [9.17, 15) is 0 Å². The van der Waals surface area contributed by atoms with Crippen LogP contribution in [0.4, 0.5) is 0 Å². The molecular weight excluding hydrogens is 160 g/mol. The monoisotopic (exact) mass is 167 g/mol. The molecule has 0 aromatic rings. The summed E-state index contributed by atoms with van der Waals surface area (Å²) in [6.45, 7) is 0. The highest BCUT2D eigenvalue weighted by molar-refractivity contribution is 7.27. The standard InChI is InChI=1S/C4H6NO2P.ClH/c5-4-2-1-3-6-8-7-4;/h1,3,5,8H,2H2;1H. The van der Waals surface area contributed by atoms with Crippen molar-refractivity contribution in [3.63, 3.8) is 0 Å². The molecule has 1 heterocycles. The minimum Gasteiger partial charge on any atom is -1.00 e. The van der Waals surface area contributed by atoms with Crippen LogP contribution in [-0.2, 0) is 9.05 Å². The first kappa shape index (κ1) is 8.73. The van der Waals surface area contributed by atoms with Gasteiger partial charge in [0.2, 0.25) is 0 Å². The van der Waals surface area contributed by atoms with E-state index in [1.165, 1.54) is 0 Å². The fourth-order valence-electron chi connectivity index (χ4n) is 0.359. The van der Waals surface area contributed by atoms with Gasteiger partial charge in [0.15, 0.2) is 0 Å². The van der Waals surface area contributed by atoms with Crippen LogP contribution in [0.25, 0.3) is 0 Å². The Morgan fingerprint density at radius 1 is 1.67 bits per heavy atom. The Morgan fingerprint density at radius 3 is 3.22 bits per heavy atom. The molecule has 3 nitrogen and oxygen atoms in total. The molecule has 1 aliphatic heterocycles. The van der Waals surface area contributed by atoms with Gasteiger partial charge in [-0.1, -0.05) is 0 Å². The highest BCUT2D eigenvalue weighted by atomic mass is 35.5. The summed E-state index contributed by atoms with van der Waals surface area (Å²) in [6.07, 6.45) is 4.07. The van der Waals surface area contributed by atoms with E-state index in [4.69, 9.17) is 14.5 Å². The smallest absolute Gasteiger partial charge is 0.342 e. The first-order valence-corrected chi connectivity index (χ1v) is 3.05. The number of rotatable bonds is 0. The zero-order chi connectivity index (χ0) is 5.82. The Balaban J connectivity index is 0.000000640. The number of nitrogens with two attached hydrogens (primary N) is 1. The van der Waals surface area contributed by atoms with Crippen LogP contribution in [0.15, 0.2) is 12.3 Å². The molecule has 0 radical (unpaired) electrons. The van der Waals surface area contributed by atoms with E-state index >= 15 is 0 Å². The van der Waals surface area contributed by atoms with Gasteiger partial charge in [0.05, 0.1) is 12.7 Å². The van der Waals surface area contributed by atoms with Crippen LogP contribution in [0.3, 0.4) is 0 Å². The lowest BCUT2D eigenvalue weighted by Gasteiger charge is -1.92. The maximum atomic E-state index is 5.30. The second-order valence-corrected chi connectivity index (χ2v) is 1.95. The van der Waals surface area contributed by atoms with Gasteiger partial charge in [0, 0.05) is 0 Å². The first-order chi connectivity index (χ1) is 3.89. The molecule has 0 bridgehead atoms. The molecule has 5 heteroatoms. The van der Waals surface area contributed by atoms with Crippen LogP contribution in [0.2, 0.25) is 0 Å². The maximum Gasteiger partial charge on any atom is 0.342 e. The van der Waals surface area contributed by atoms with Crippen molar-refractivity contribution in [3.05, 3.63) is 12.3 Å². The fourth-order valence-corrected chi connectivity index (χ4v) is 0.750. The summed E-state index contributed by atoms with van der Waals surface area (Å²) in [5.41, 5.74) is 0. The molecule has 0 spiro atoms. The Morgan fingerprint density at radius 2 is 2.44 bits per heavy atom. The summed E-state index contributed by atoms with van der Waals surface area (Å²) in [5.74, 6) is 0.525. The van der Waals surface area contributed by atoms with E-state index < -0.39 is 0 Å². The van der Waals surface area contributed by atoms with Crippen LogP contribution >= 0.6 is 9.03 Å². The van der Waals surface area contributed by atoms with Crippen LogP contribution < -0.4 is 17.8 Å². The predicted octanol–water partition coefficient (Wildman–Crippen LogP) is -3.39. The van der Waals surface area contributed by atoms with Crippen molar-refractivity contribution in [2.45, 2.75) is 6.42 Å². The van der Waals surface area contributed by atoms with Gasteiger partial charge < -0.3 is 21.5 Å². The molecule has 1 unspecified atom stereocenters. The average molecular weight is 168 g/mol. The van der Waals surface area contributed by atoms with Crippen LogP contribution in [0, 0.1) is 0 Å². The van der Waals surface area contributed by atoms with Gasteiger partial charge in [-0.2, -0.15) is 0 Å². The van der Waals surface area contributed by atoms with E-state index in [-0.39, 0.29) is 21.4 Å². The molecule has 1 atom stereocenters. The molecule has 2 N–H and O–H groups in total. The number of halogens is 1. The van der Waals surface area contributed by atoms with Gasteiger partial charge in [0.25, 0.3) is 9.03 Å². The normalized spacial score (nSPS) is 19.3. The van der Waals surface area contributed by atoms with E-state index in [1.54, 1.807) is 6.26 Å². The van der Waals surface area contributed by atoms with Crippen LogP contribution in [0.5, 0.6) is 0 Å². The molecule has 0 saturated carbocycles. The molecular formula is C4H7ClNO2P. The van der Waals surface area contributed by atoms with Crippen LogP contribution in [0.1, 0.15) is 6.42 Å². The van der Waals surface area contributed by atoms with Gasteiger partial charge >= 0.3 is 5.90 Å². The van der Waals surface area contributed by atoms with Crippen molar-refractivity contribution in [2.75, 3.05) is 0 Å². The minimum absolute atomic E-state index is 0. The summed E-state index contributed by atoms with van der Waals surface area (Å²) < 4.78 is 9.63. The largest absolute Gasteiger partial charge is 1.00 e. The number of hydrogen-bond donors (Lipinski definition) is 1. The van der Waals surface area contributed by atoms with Gasteiger partial charge in [-0.25, -0.2) is 5.41 Å². The summed E-state index contributed by atoms with van der Waals surface area (Å²) in [7, 11) is 0.0262. The van der Waals surface area contributed by atoms with Crippen molar-refractivity contribution < 1.29 is 26.9 Å². The fraction of sp³-hybridized carbons (Fsp3) is 0.250. The molecule has 0 amide bonds.